The molecule has 0 unspecified atom stereocenters. The summed E-state index contributed by atoms with van der Waals surface area (Å²) in [5.41, 5.74) is 3.26. The maximum absolute atomic E-state index is 10.7. The molecule has 5 heteroatoms. The third-order valence-corrected chi connectivity index (χ3v) is 1.78. The Bertz CT molecular complexity index is 194. The molecule has 1 saturated heterocycles. The molecule has 1 aliphatic heterocycles. The lowest BCUT2D eigenvalue weighted by atomic mass is 10.2. The highest BCUT2D eigenvalue weighted by molar-refractivity contribution is 5.85. The zero-order chi connectivity index (χ0) is 9.52. The van der Waals surface area contributed by atoms with E-state index in [-0.39, 0.29) is 0 Å². The Morgan fingerprint density at radius 1 is 1.54 bits per heavy atom. The molecule has 0 atom stereocenters. The number of methoxy groups -OCH3 is 1. The van der Waals surface area contributed by atoms with Gasteiger partial charge in [0, 0.05) is 18.7 Å². The summed E-state index contributed by atoms with van der Waals surface area (Å²) in [4.78, 5) is 10.7. The van der Waals surface area contributed by atoms with E-state index in [4.69, 9.17) is 4.74 Å². The number of amides is 1. The Morgan fingerprint density at radius 3 is 3.15 bits per heavy atom. The topological polar surface area (TPSA) is 59.9 Å². The average molecular weight is 186 g/mol. The standard InChI is InChI=1S/C8H14N2O3/c1-12-8(11)10-9-7-3-2-5-13-6-4-7/h2-6H2,1H3,(H,10,11)/b9-7-. The van der Waals surface area contributed by atoms with E-state index in [0.717, 1.165) is 31.6 Å². The molecular formula is C8H14N2O3. The molecule has 74 valence electrons. The first kappa shape index (κ1) is 9.98. The van der Waals surface area contributed by atoms with E-state index < -0.39 is 6.09 Å². The average Bonchev–Trinajstić information content (AvgIpc) is 2.42. The molecule has 0 aromatic rings. The van der Waals surface area contributed by atoms with Crippen molar-refractivity contribution in [2.45, 2.75) is 19.3 Å². The second-order valence-electron chi connectivity index (χ2n) is 2.75. The number of nitrogens with one attached hydrogen (secondary N) is 1. The fourth-order valence-electron chi connectivity index (χ4n) is 1.08. The predicted octanol–water partition coefficient (Wildman–Crippen LogP) is 0.899. The molecule has 1 amide bonds. The maximum atomic E-state index is 10.7. The Morgan fingerprint density at radius 2 is 2.38 bits per heavy atom. The SMILES string of the molecule is COC(=O)N/N=C1/CCCOCC1. The van der Waals surface area contributed by atoms with Crippen LogP contribution in [0.4, 0.5) is 4.79 Å². The summed E-state index contributed by atoms with van der Waals surface area (Å²) in [6.07, 6.45) is 2.09. The second kappa shape index (κ2) is 5.53. The first-order chi connectivity index (χ1) is 6.33. The highest BCUT2D eigenvalue weighted by atomic mass is 16.5. The van der Waals surface area contributed by atoms with Crippen LogP contribution in [0.3, 0.4) is 0 Å². The quantitative estimate of drug-likeness (QED) is 0.619. The van der Waals surface area contributed by atoms with Crippen molar-refractivity contribution in [3.05, 3.63) is 0 Å². The molecule has 1 aliphatic rings. The van der Waals surface area contributed by atoms with Crippen molar-refractivity contribution in [3.8, 4) is 0 Å². The van der Waals surface area contributed by atoms with E-state index in [0.29, 0.717) is 6.61 Å². The number of hydrogen-bond donors (Lipinski definition) is 1. The number of carbonyl (C=O) groups is 1. The van der Waals surface area contributed by atoms with Crippen molar-refractivity contribution in [1.29, 1.82) is 0 Å². The summed E-state index contributed by atoms with van der Waals surface area (Å²) in [6.45, 7) is 1.46. The molecule has 0 saturated carbocycles. The largest absolute Gasteiger partial charge is 0.452 e. The van der Waals surface area contributed by atoms with Crippen LogP contribution >= 0.6 is 0 Å². The van der Waals surface area contributed by atoms with Crippen LogP contribution in [-0.4, -0.2) is 32.1 Å². The van der Waals surface area contributed by atoms with Crippen LogP contribution < -0.4 is 5.43 Å². The molecular weight excluding hydrogens is 172 g/mol. The molecule has 1 rings (SSSR count). The van der Waals surface area contributed by atoms with Crippen LogP contribution in [0, 0.1) is 0 Å². The lowest BCUT2D eigenvalue weighted by Gasteiger charge is -2.01. The van der Waals surface area contributed by atoms with Gasteiger partial charge in [-0.15, -0.1) is 0 Å². The van der Waals surface area contributed by atoms with Crippen molar-refractivity contribution >= 4 is 11.8 Å². The number of rotatable bonds is 1. The highest BCUT2D eigenvalue weighted by Gasteiger charge is 2.06. The molecule has 1 fully saturated rings. The van der Waals surface area contributed by atoms with Crippen LogP contribution in [0.15, 0.2) is 5.10 Å². The fourth-order valence-corrected chi connectivity index (χ4v) is 1.08. The molecule has 1 N–H and O–H groups in total. The van der Waals surface area contributed by atoms with Gasteiger partial charge in [-0.25, -0.2) is 10.2 Å². The first-order valence-corrected chi connectivity index (χ1v) is 4.30. The van der Waals surface area contributed by atoms with Crippen LogP contribution in [0.2, 0.25) is 0 Å². The Balaban J connectivity index is 2.34. The Hall–Kier alpha value is -1.10. The van der Waals surface area contributed by atoms with E-state index >= 15 is 0 Å². The van der Waals surface area contributed by atoms with Crippen LogP contribution in [0.1, 0.15) is 19.3 Å². The van der Waals surface area contributed by atoms with Gasteiger partial charge in [-0.3, -0.25) is 0 Å². The van der Waals surface area contributed by atoms with Gasteiger partial charge < -0.3 is 9.47 Å². The van der Waals surface area contributed by atoms with Crippen molar-refractivity contribution in [2.75, 3.05) is 20.3 Å². The van der Waals surface area contributed by atoms with E-state index in [2.05, 4.69) is 15.3 Å². The highest BCUT2D eigenvalue weighted by Crippen LogP contribution is 2.03. The molecule has 0 aromatic heterocycles. The minimum absolute atomic E-state index is 0.530. The summed E-state index contributed by atoms with van der Waals surface area (Å²) >= 11 is 0. The van der Waals surface area contributed by atoms with E-state index in [1.165, 1.54) is 7.11 Å². The third kappa shape index (κ3) is 3.89. The molecule has 13 heavy (non-hydrogen) atoms. The minimum Gasteiger partial charge on any atom is -0.452 e. The Labute approximate surface area is 77.1 Å². The molecule has 0 bridgehead atoms. The van der Waals surface area contributed by atoms with Crippen molar-refractivity contribution in [1.82, 2.24) is 5.43 Å². The number of ether oxygens (including phenoxy) is 2. The maximum Gasteiger partial charge on any atom is 0.427 e. The number of nitrogens with zero attached hydrogens (tertiary/aromatic N) is 1. The summed E-state index contributed by atoms with van der Waals surface area (Å²) < 4.78 is 9.62. The van der Waals surface area contributed by atoms with Gasteiger partial charge in [-0.2, -0.15) is 5.10 Å². The zero-order valence-corrected chi connectivity index (χ0v) is 7.71. The van der Waals surface area contributed by atoms with Gasteiger partial charge in [0.1, 0.15) is 0 Å². The number of carbonyl (C=O) groups excluding carboxylic acids is 1. The van der Waals surface area contributed by atoms with Crippen LogP contribution in [0.25, 0.3) is 0 Å². The van der Waals surface area contributed by atoms with E-state index in [1.54, 1.807) is 0 Å². The molecule has 1 heterocycles. The van der Waals surface area contributed by atoms with Crippen LogP contribution in [0.5, 0.6) is 0 Å². The molecule has 0 aromatic carbocycles. The monoisotopic (exact) mass is 186 g/mol. The molecule has 0 spiro atoms. The fraction of sp³-hybridized carbons (Fsp3) is 0.750. The van der Waals surface area contributed by atoms with Crippen LogP contribution in [-0.2, 0) is 9.47 Å². The molecule has 0 radical (unpaired) electrons. The summed E-state index contributed by atoms with van der Waals surface area (Å²) in [7, 11) is 1.31. The second-order valence-corrected chi connectivity index (χ2v) is 2.75. The van der Waals surface area contributed by atoms with E-state index in [1.807, 2.05) is 0 Å². The van der Waals surface area contributed by atoms with Gasteiger partial charge >= 0.3 is 6.09 Å². The number of hydrazone groups is 1. The van der Waals surface area contributed by atoms with Gasteiger partial charge in [0.05, 0.1) is 13.7 Å². The predicted molar refractivity (Wildman–Crippen MR) is 47.6 cm³/mol. The normalized spacial score (nSPS) is 20.8. The van der Waals surface area contributed by atoms with Crippen molar-refractivity contribution in [2.24, 2.45) is 5.10 Å². The van der Waals surface area contributed by atoms with Gasteiger partial charge in [0.15, 0.2) is 0 Å². The number of hydrogen-bond acceptors (Lipinski definition) is 4. The zero-order valence-electron chi connectivity index (χ0n) is 7.71. The summed E-state index contributed by atoms with van der Waals surface area (Å²) in [6, 6.07) is 0. The molecule has 5 nitrogen and oxygen atoms in total. The van der Waals surface area contributed by atoms with Gasteiger partial charge in [-0.1, -0.05) is 0 Å². The van der Waals surface area contributed by atoms with E-state index in [9.17, 15) is 4.79 Å². The summed E-state index contributed by atoms with van der Waals surface area (Å²) in [5.74, 6) is 0. The smallest absolute Gasteiger partial charge is 0.427 e. The van der Waals surface area contributed by atoms with Crippen molar-refractivity contribution in [3.63, 3.8) is 0 Å². The Kier molecular flexibility index (Phi) is 4.25. The van der Waals surface area contributed by atoms with Gasteiger partial charge in [0.2, 0.25) is 0 Å². The minimum atomic E-state index is -0.530. The lowest BCUT2D eigenvalue weighted by molar-refractivity contribution is 0.147. The van der Waals surface area contributed by atoms with Crippen molar-refractivity contribution < 1.29 is 14.3 Å². The lowest BCUT2D eigenvalue weighted by Crippen LogP contribution is -2.19. The first-order valence-electron chi connectivity index (χ1n) is 4.30. The van der Waals surface area contributed by atoms with Gasteiger partial charge in [-0.05, 0) is 12.8 Å². The summed E-state index contributed by atoms with van der Waals surface area (Å²) in [5, 5.41) is 3.93. The molecule has 0 aliphatic carbocycles. The van der Waals surface area contributed by atoms with Gasteiger partial charge in [0.25, 0.3) is 0 Å². The third-order valence-electron chi connectivity index (χ3n) is 1.78.